The van der Waals surface area contributed by atoms with Crippen LogP contribution < -0.4 is 10.0 Å². The zero-order valence-corrected chi connectivity index (χ0v) is 17.2. The van der Waals surface area contributed by atoms with Crippen molar-refractivity contribution < 1.29 is 13.2 Å². The molecule has 2 aromatic carbocycles. The minimum atomic E-state index is -3.73. The maximum Gasteiger partial charge on any atom is 0.261 e. The summed E-state index contributed by atoms with van der Waals surface area (Å²) in [5, 5.41) is 2.82. The van der Waals surface area contributed by atoms with Crippen LogP contribution >= 0.6 is 0 Å². The van der Waals surface area contributed by atoms with Crippen LogP contribution in [0.4, 0.5) is 5.69 Å². The quantitative estimate of drug-likeness (QED) is 0.718. The Bertz CT molecular complexity index is 866. The van der Waals surface area contributed by atoms with E-state index in [1.54, 1.807) is 0 Å². The smallest absolute Gasteiger partial charge is 0.261 e. The lowest BCUT2D eigenvalue weighted by atomic mass is 10.0. The van der Waals surface area contributed by atoms with Crippen molar-refractivity contribution in [3.8, 4) is 0 Å². The molecule has 0 unspecified atom stereocenters. The SMILES string of the molecule is CCc1cccc(CC)c1NS(=O)(=O)c1ccc(C(=O)NCC(C)C)cc1. The van der Waals surface area contributed by atoms with E-state index in [4.69, 9.17) is 0 Å². The Hall–Kier alpha value is -2.34. The highest BCUT2D eigenvalue weighted by molar-refractivity contribution is 7.92. The molecule has 0 aliphatic heterocycles. The lowest BCUT2D eigenvalue weighted by Gasteiger charge is -2.16. The lowest BCUT2D eigenvalue weighted by Crippen LogP contribution is -2.27. The molecule has 0 aliphatic rings. The zero-order chi connectivity index (χ0) is 20.0. The Labute approximate surface area is 162 Å². The van der Waals surface area contributed by atoms with Crippen molar-refractivity contribution >= 4 is 21.6 Å². The van der Waals surface area contributed by atoms with Gasteiger partial charge in [0.1, 0.15) is 0 Å². The molecule has 0 spiro atoms. The molecule has 0 aromatic heterocycles. The summed E-state index contributed by atoms with van der Waals surface area (Å²) in [6.07, 6.45) is 1.47. The Kier molecular flexibility index (Phi) is 7.02. The Morgan fingerprint density at radius 2 is 1.52 bits per heavy atom. The monoisotopic (exact) mass is 388 g/mol. The Balaban J connectivity index is 2.24. The Morgan fingerprint density at radius 3 is 2.00 bits per heavy atom. The predicted molar refractivity (Wildman–Crippen MR) is 110 cm³/mol. The number of hydrogen-bond donors (Lipinski definition) is 2. The van der Waals surface area contributed by atoms with Crippen LogP contribution in [0, 0.1) is 5.92 Å². The van der Waals surface area contributed by atoms with Gasteiger partial charge in [-0.3, -0.25) is 9.52 Å². The maximum absolute atomic E-state index is 12.8. The number of carbonyl (C=O) groups excluding carboxylic acids is 1. The fourth-order valence-corrected chi connectivity index (χ4v) is 3.89. The molecule has 1 amide bonds. The number of sulfonamides is 1. The van der Waals surface area contributed by atoms with Crippen molar-refractivity contribution in [3.63, 3.8) is 0 Å². The van der Waals surface area contributed by atoms with Gasteiger partial charge in [-0.1, -0.05) is 45.9 Å². The summed E-state index contributed by atoms with van der Waals surface area (Å²) in [5.74, 6) is 0.148. The fourth-order valence-electron chi connectivity index (χ4n) is 2.75. The third kappa shape index (κ3) is 5.32. The lowest BCUT2D eigenvalue weighted by molar-refractivity contribution is 0.0949. The van der Waals surface area contributed by atoms with Gasteiger partial charge in [0.05, 0.1) is 10.6 Å². The van der Waals surface area contributed by atoms with Crippen LogP contribution in [0.2, 0.25) is 0 Å². The average molecular weight is 389 g/mol. The summed E-state index contributed by atoms with van der Waals surface area (Å²) in [6.45, 7) is 8.60. The first-order valence-corrected chi connectivity index (χ1v) is 10.8. The summed E-state index contributed by atoms with van der Waals surface area (Å²) < 4.78 is 28.4. The van der Waals surface area contributed by atoms with E-state index in [0.29, 0.717) is 23.7 Å². The van der Waals surface area contributed by atoms with Gasteiger partial charge in [-0.05, 0) is 54.2 Å². The number of hydrogen-bond acceptors (Lipinski definition) is 3. The molecule has 0 atom stereocenters. The highest BCUT2D eigenvalue weighted by Crippen LogP contribution is 2.26. The number of anilines is 1. The van der Waals surface area contributed by atoms with Gasteiger partial charge in [0.2, 0.25) is 0 Å². The molecule has 0 fully saturated rings. The molecular weight excluding hydrogens is 360 g/mol. The standard InChI is InChI=1S/C21H28N2O3S/c1-5-16-8-7-9-17(6-2)20(16)23-27(25,26)19-12-10-18(11-13-19)21(24)22-14-15(3)4/h7-13,15,23H,5-6,14H2,1-4H3,(H,22,24). The summed E-state index contributed by atoms with van der Waals surface area (Å²) in [6, 6.07) is 11.8. The summed E-state index contributed by atoms with van der Waals surface area (Å²) >= 11 is 0. The predicted octanol–water partition coefficient (Wildman–Crippen LogP) is 4.00. The number of para-hydroxylation sites is 1. The molecular formula is C21H28N2O3S. The van der Waals surface area contributed by atoms with E-state index < -0.39 is 10.0 Å². The van der Waals surface area contributed by atoms with Crippen molar-refractivity contribution in [1.82, 2.24) is 5.32 Å². The van der Waals surface area contributed by atoms with Crippen LogP contribution in [-0.2, 0) is 22.9 Å². The van der Waals surface area contributed by atoms with Crippen molar-refractivity contribution in [2.45, 2.75) is 45.4 Å². The van der Waals surface area contributed by atoms with Gasteiger partial charge in [-0.15, -0.1) is 0 Å². The largest absolute Gasteiger partial charge is 0.352 e. The number of aryl methyl sites for hydroxylation is 2. The summed E-state index contributed by atoms with van der Waals surface area (Å²) in [4.78, 5) is 12.2. The molecule has 6 heteroatoms. The minimum absolute atomic E-state index is 0.135. The van der Waals surface area contributed by atoms with E-state index in [2.05, 4.69) is 10.0 Å². The Morgan fingerprint density at radius 1 is 0.963 bits per heavy atom. The van der Waals surface area contributed by atoms with Gasteiger partial charge in [0.15, 0.2) is 0 Å². The van der Waals surface area contributed by atoms with Gasteiger partial charge in [0.25, 0.3) is 15.9 Å². The second-order valence-electron chi connectivity index (χ2n) is 6.89. The maximum atomic E-state index is 12.8. The van der Waals surface area contributed by atoms with E-state index in [1.807, 2.05) is 45.9 Å². The van der Waals surface area contributed by atoms with Crippen molar-refractivity contribution in [1.29, 1.82) is 0 Å². The molecule has 0 aliphatic carbocycles. The molecule has 0 radical (unpaired) electrons. The van der Waals surface area contributed by atoms with Gasteiger partial charge in [-0.2, -0.15) is 0 Å². The van der Waals surface area contributed by atoms with Crippen molar-refractivity contribution in [3.05, 3.63) is 59.2 Å². The molecule has 0 bridgehead atoms. The number of carbonyl (C=O) groups is 1. The summed E-state index contributed by atoms with van der Waals surface area (Å²) in [7, 11) is -3.73. The van der Waals surface area contributed by atoms with E-state index in [1.165, 1.54) is 24.3 Å². The number of rotatable bonds is 8. The van der Waals surface area contributed by atoms with Gasteiger partial charge < -0.3 is 5.32 Å². The molecule has 5 nitrogen and oxygen atoms in total. The van der Waals surface area contributed by atoms with Crippen LogP contribution in [0.1, 0.15) is 49.2 Å². The van der Waals surface area contributed by atoms with E-state index in [9.17, 15) is 13.2 Å². The first-order chi connectivity index (χ1) is 12.8. The third-order valence-corrected chi connectivity index (χ3v) is 5.70. The third-order valence-electron chi connectivity index (χ3n) is 4.33. The zero-order valence-electron chi connectivity index (χ0n) is 16.4. The van der Waals surface area contributed by atoms with Crippen LogP contribution in [0.25, 0.3) is 0 Å². The molecule has 0 heterocycles. The van der Waals surface area contributed by atoms with Gasteiger partial charge in [-0.25, -0.2) is 8.42 Å². The second kappa shape index (κ2) is 9.04. The van der Waals surface area contributed by atoms with Gasteiger partial charge >= 0.3 is 0 Å². The molecule has 0 saturated heterocycles. The fraction of sp³-hybridized carbons (Fsp3) is 0.381. The molecule has 2 aromatic rings. The molecule has 146 valence electrons. The molecule has 0 saturated carbocycles. The highest BCUT2D eigenvalue weighted by atomic mass is 32.2. The van der Waals surface area contributed by atoms with Crippen molar-refractivity contribution in [2.75, 3.05) is 11.3 Å². The normalized spacial score (nSPS) is 11.4. The molecule has 27 heavy (non-hydrogen) atoms. The van der Waals surface area contributed by atoms with E-state index in [0.717, 1.165) is 24.0 Å². The van der Waals surface area contributed by atoms with Crippen molar-refractivity contribution in [2.24, 2.45) is 5.92 Å². The highest BCUT2D eigenvalue weighted by Gasteiger charge is 2.18. The van der Waals surface area contributed by atoms with Gasteiger partial charge in [0, 0.05) is 12.1 Å². The van der Waals surface area contributed by atoms with Crippen LogP contribution in [0.5, 0.6) is 0 Å². The van der Waals surface area contributed by atoms with E-state index >= 15 is 0 Å². The van der Waals surface area contributed by atoms with Crippen LogP contribution in [0.3, 0.4) is 0 Å². The topological polar surface area (TPSA) is 75.3 Å². The molecule has 2 N–H and O–H groups in total. The number of benzene rings is 2. The van der Waals surface area contributed by atoms with Crippen LogP contribution in [0.15, 0.2) is 47.4 Å². The number of amides is 1. The number of nitrogens with one attached hydrogen (secondary N) is 2. The summed E-state index contributed by atoms with van der Waals surface area (Å²) in [5.41, 5.74) is 3.02. The first-order valence-electron chi connectivity index (χ1n) is 9.30. The van der Waals surface area contributed by atoms with E-state index in [-0.39, 0.29) is 10.8 Å². The molecule has 2 rings (SSSR count). The second-order valence-corrected chi connectivity index (χ2v) is 8.57. The van der Waals surface area contributed by atoms with Crippen LogP contribution in [-0.4, -0.2) is 20.9 Å². The minimum Gasteiger partial charge on any atom is -0.352 e. The average Bonchev–Trinajstić information content (AvgIpc) is 2.66. The first kappa shape index (κ1) is 21.0.